The summed E-state index contributed by atoms with van der Waals surface area (Å²) in [6.07, 6.45) is 54.1. The van der Waals surface area contributed by atoms with Gasteiger partial charge in [0.15, 0.2) is 6.10 Å². The highest BCUT2D eigenvalue weighted by molar-refractivity contribution is 7.46. The van der Waals surface area contributed by atoms with Crippen LogP contribution in [0.25, 0.3) is 0 Å². The van der Waals surface area contributed by atoms with Gasteiger partial charge in [0.05, 0.1) is 6.61 Å². The van der Waals surface area contributed by atoms with Gasteiger partial charge in [0.25, 0.3) is 0 Å². The molecule has 0 spiro atoms. The zero-order chi connectivity index (χ0) is 39.6. The standard InChI is InChI=1S/C45H73O8P/c1-3-5-7-9-11-13-15-17-19-21-22-24-26-28-30-32-34-36-38-40-45(47)53-43(42-52-54(48,49)50)41-51-44(46)39-37-35-33-31-29-27-25-23-20-18-16-14-12-10-8-6-4-2/h5-8,11-14,17-20,22,24,28,30,43H,3-4,9-10,15-16,21,23,25-27,29,31-42H2,1-2H3,(H2,48,49,50)/b7-5-,8-6-,13-11-,14-12-,19-17-,20-18-,24-22-,30-28-. The molecule has 0 rings (SSSR count). The van der Waals surface area contributed by atoms with Gasteiger partial charge in [0.2, 0.25) is 0 Å². The van der Waals surface area contributed by atoms with Crippen LogP contribution in [0.4, 0.5) is 0 Å². The topological polar surface area (TPSA) is 119 Å². The van der Waals surface area contributed by atoms with E-state index in [0.717, 1.165) is 96.3 Å². The summed E-state index contributed by atoms with van der Waals surface area (Å²) in [7, 11) is -4.77. The van der Waals surface area contributed by atoms with Gasteiger partial charge in [0, 0.05) is 12.8 Å². The summed E-state index contributed by atoms with van der Waals surface area (Å²) in [5, 5.41) is 0. The first-order valence-electron chi connectivity index (χ1n) is 20.5. The van der Waals surface area contributed by atoms with Crippen LogP contribution in [0.15, 0.2) is 97.2 Å². The van der Waals surface area contributed by atoms with E-state index in [2.05, 4.69) is 116 Å². The predicted octanol–water partition coefficient (Wildman–Crippen LogP) is 12.6. The third-order valence-electron chi connectivity index (χ3n) is 8.10. The van der Waals surface area contributed by atoms with Gasteiger partial charge in [-0.1, -0.05) is 150 Å². The van der Waals surface area contributed by atoms with Crippen LogP contribution in [0.5, 0.6) is 0 Å². The number of hydrogen-bond acceptors (Lipinski definition) is 6. The number of carbonyl (C=O) groups is 2. The van der Waals surface area contributed by atoms with Gasteiger partial charge in [-0.15, -0.1) is 0 Å². The number of allylic oxidation sites excluding steroid dienone is 16. The molecular formula is C45H73O8P. The zero-order valence-electron chi connectivity index (χ0n) is 33.6. The smallest absolute Gasteiger partial charge is 0.462 e. The molecule has 0 aromatic carbocycles. The Morgan fingerprint density at radius 1 is 0.481 bits per heavy atom. The Labute approximate surface area is 328 Å². The van der Waals surface area contributed by atoms with Gasteiger partial charge >= 0.3 is 19.8 Å². The molecule has 2 N–H and O–H groups in total. The summed E-state index contributed by atoms with van der Waals surface area (Å²) in [5.74, 6) is -0.944. The van der Waals surface area contributed by atoms with Crippen LogP contribution in [-0.4, -0.2) is 41.0 Å². The molecule has 0 aromatic heterocycles. The van der Waals surface area contributed by atoms with Gasteiger partial charge in [-0.3, -0.25) is 14.1 Å². The molecule has 0 fully saturated rings. The van der Waals surface area contributed by atoms with Crippen molar-refractivity contribution < 1.29 is 37.9 Å². The van der Waals surface area contributed by atoms with Crippen LogP contribution in [0, 0.1) is 0 Å². The Kier molecular flexibility index (Phi) is 37.4. The maximum Gasteiger partial charge on any atom is 0.469 e. The molecular weight excluding hydrogens is 699 g/mol. The van der Waals surface area contributed by atoms with E-state index in [1.807, 2.05) is 0 Å². The van der Waals surface area contributed by atoms with E-state index in [9.17, 15) is 14.2 Å². The van der Waals surface area contributed by atoms with Crippen molar-refractivity contribution in [1.82, 2.24) is 0 Å². The molecule has 1 atom stereocenters. The highest BCUT2D eigenvalue weighted by Gasteiger charge is 2.22. The summed E-state index contributed by atoms with van der Waals surface area (Å²) < 4.78 is 26.4. The first kappa shape index (κ1) is 51.0. The monoisotopic (exact) mass is 773 g/mol. The summed E-state index contributed by atoms with van der Waals surface area (Å²) in [4.78, 5) is 42.8. The van der Waals surface area contributed by atoms with Crippen molar-refractivity contribution in [3.63, 3.8) is 0 Å². The number of rotatable bonds is 36. The third kappa shape index (κ3) is 41.7. The lowest BCUT2D eigenvalue weighted by Gasteiger charge is -2.18. The Balaban J connectivity index is 4.04. The van der Waals surface area contributed by atoms with Gasteiger partial charge < -0.3 is 19.3 Å². The molecule has 1 unspecified atom stereocenters. The van der Waals surface area contributed by atoms with E-state index in [1.165, 1.54) is 19.3 Å². The largest absolute Gasteiger partial charge is 0.469 e. The Bertz CT molecular complexity index is 1190. The van der Waals surface area contributed by atoms with Gasteiger partial charge in [-0.05, 0) is 89.9 Å². The molecule has 9 heteroatoms. The van der Waals surface area contributed by atoms with Crippen LogP contribution in [0.3, 0.4) is 0 Å². The molecule has 0 bridgehead atoms. The molecule has 306 valence electrons. The summed E-state index contributed by atoms with van der Waals surface area (Å²) >= 11 is 0. The van der Waals surface area contributed by atoms with Crippen molar-refractivity contribution in [2.75, 3.05) is 13.2 Å². The number of carbonyl (C=O) groups excluding carboxylic acids is 2. The normalized spacial score (nSPS) is 13.5. The van der Waals surface area contributed by atoms with Gasteiger partial charge in [0.1, 0.15) is 6.61 Å². The quantitative estimate of drug-likeness (QED) is 0.0280. The lowest BCUT2D eigenvalue weighted by Crippen LogP contribution is -2.29. The molecule has 0 aliphatic heterocycles. The lowest BCUT2D eigenvalue weighted by molar-refractivity contribution is -0.161. The van der Waals surface area contributed by atoms with E-state index < -0.39 is 32.5 Å². The Morgan fingerprint density at radius 3 is 1.26 bits per heavy atom. The molecule has 54 heavy (non-hydrogen) atoms. The average molecular weight is 773 g/mol. The SMILES string of the molecule is CC/C=C\C/C=C\C/C=C\C/C=C\C/C=C\CCCCCC(=O)OC(COC(=O)CCCCCCCCC/C=C\C/C=C\C/C=C\CC)COP(=O)(O)O. The Morgan fingerprint density at radius 2 is 0.833 bits per heavy atom. The molecule has 0 amide bonds. The first-order valence-corrected chi connectivity index (χ1v) is 22.1. The van der Waals surface area contributed by atoms with E-state index >= 15 is 0 Å². The minimum atomic E-state index is -4.77. The minimum Gasteiger partial charge on any atom is -0.462 e. The van der Waals surface area contributed by atoms with E-state index in [1.54, 1.807) is 0 Å². The molecule has 0 radical (unpaired) electrons. The molecule has 0 heterocycles. The van der Waals surface area contributed by atoms with E-state index in [-0.39, 0.29) is 19.4 Å². The van der Waals surface area contributed by atoms with Crippen LogP contribution >= 0.6 is 7.82 Å². The van der Waals surface area contributed by atoms with Crippen molar-refractivity contribution >= 4 is 19.8 Å². The van der Waals surface area contributed by atoms with Crippen molar-refractivity contribution in [2.24, 2.45) is 0 Å². The third-order valence-corrected chi connectivity index (χ3v) is 8.58. The number of esters is 2. The minimum absolute atomic E-state index is 0.164. The highest BCUT2D eigenvalue weighted by Crippen LogP contribution is 2.36. The fourth-order valence-corrected chi connectivity index (χ4v) is 5.48. The molecule has 0 saturated heterocycles. The van der Waals surface area contributed by atoms with Crippen LogP contribution in [0.2, 0.25) is 0 Å². The zero-order valence-corrected chi connectivity index (χ0v) is 34.5. The number of unbranched alkanes of at least 4 members (excludes halogenated alkanes) is 10. The number of phosphoric ester groups is 1. The number of ether oxygens (including phenoxy) is 2. The molecule has 0 saturated carbocycles. The highest BCUT2D eigenvalue weighted by atomic mass is 31.2. The molecule has 0 aliphatic rings. The first-order chi connectivity index (χ1) is 26.3. The maximum absolute atomic E-state index is 12.4. The van der Waals surface area contributed by atoms with Crippen molar-refractivity contribution in [3.05, 3.63) is 97.2 Å². The maximum atomic E-state index is 12.4. The van der Waals surface area contributed by atoms with Crippen LogP contribution in [0.1, 0.15) is 155 Å². The van der Waals surface area contributed by atoms with Crippen molar-refractivity contribution in [2.45, 2.75) is 161 Å². The van der Waals surface area contributed by atoms with Gasteiger partial charge in [-0.2, -0.15) is 0 Å². The van der Waals surface area contributed by atoms with Gasteiger partial charge in [-0.25, -0.2) is 4.57 Å². The molecule has 0 aromatic rings. The van der Waals surface area contributed by atoms with Crippen LogP contribution < -0.4 is 0 Å². The second kappa shape index (κ2) is 39.7. The lowest BCUT2D eigenvalue weighted by atomic mass is 10.1. The molecule has 0 aliphatic carbocycles. The second-order valence-corrected chi connectivity index (χ2v) is 14.4. The second-order valence-electron chi connectivity index (χ2n) is 13.2. The van der Waals surface area contributed by atoms with E-state index in [0.29, 0.717) is 12.8 Å². The summed E-state index contributed by atoms with van der Waals surface area (Å²) in [5.41, 5.74) is 0. The predicted molar refractivity (Wildman–Crippen MR) is 225 cm³/mol. The van der Waals surface area contributed by atoms with Crippen LogP contribution in [-0.2, 0) is 28.2 Å². The fourth-order valence-electron chi connectivity index (χ4n) is 5.12. The summed E-state index contributed by atoms with van der Waals surface area (Å²) in [6.45, 7) is 3.41. The average Bonchev–Trinajstić information content (AvgIpc) is 3.14. The summed E-state index contributed by atoms with van der Waals surface area (Å²) in [6, 6.07) is 0. The Hall–Kier alpha value is -3.03. The van der Waals surface area contributed by atoms with E-state index in [4.69, 9.17) is 19.3 Å². The van der Waals surface area contributed by atoms with Crippen molar-refractivity contribution in [1.29, 1.82) is 0 Å². The molecule has 8 nitrogen and oxygen atoms in total. The number of hydrogen-bond donors (Lipinski definition) is 2. The van der Waals surface area contributed by atoms with Crippen molar-refractivity contribution in [3.8, 4) is 0 Å². The number of phosphoric acid groups is 1. The fraction of sp³-hybridized carbons (Fsp3) is 0.600.